The van der Waals surface area contributed by atoms with E-state index in [-0.39, 0.29) is 0 Å². The number of pyridine rings is 1. The van der Waals surface area contributed by atoms with Gasteiger partial charge in [0.15, 0.2) is 5.82 Å². The Morgan fingerprint density at radius 3 is 2.69 bits per heavy atom. The molecule has 0 aromatic carbocycles. The number of anilines is 3. The predicted octanol–water partition coefficient (Wildman–Crippen LogP) is 2.32. The maximum absolute atomic E-state index is 9.40. The van der Waals surface area contributed by atoms with E-state index in [2.05, 4.69) is 41.9 Å². The van der Waals surface area contributed by atoms with E-state index >= 15 is 0 Å². The minimum atomic E-state index is 0.309. The topological polar surface area (TPSA) is 124 Å². The Balaban J connectivity index is 1.67. The Labute approximate surface area is 150 Å². The molecule has 0 atom stereocenters. The zero-order valence-corrected chi connectivity index (χ0v) is 14.4. The van der Waals surface area contributed by atoms with Crippen molar-refractivity contribution in [3.63, 3.8) is 0 Å². The molecule has 0 radical (unpaired) electrons. The number of aromatic amines is 1. The first-order chi connectivity index (χ1) is 12.7. The molecule has 3 aromatic rings. The molecule has 0 spiro atoms. The van der Waals surface area contributed by atoms with Crippen LogP contribution in [0.5, 0.6) is 6.01 Å². The van der Waals surface area contributed by atoms with Crippen LogP contribution in [0.4, 0.5) is 17.5 Å². The first kappa shape index (κ1) is 17.2. The summed E-state index contributed by atoms with van der Waals surface area (Å²) in [6.07, 6.45) is 3.22. The van der Waals surface area contributed by atoms with E-state index in [0.717, 1.165) is 11.3 Å². The van der Waals surface area contributed by atoms with Crippen molar-refractivity contribution in [2.24, 2.45) is 0 Å². The summed E-state index contributed by atoms with van der Waals surface area (Å²) in [6, 6.07) is 7.88. The van der Waals surface area contributed by atoms with Gasteiger partial charge in [-0.25, -0.2) is 15.0 Å². The second kappa shape index (κ2) is 7.94. The highest BCUT2D eigenvalue weighted by Gasteiger charge is 2.11. The van der Waals surface area contributed by atoms with Crippen LogP contribution in [0.1, 0.15) is 16.8 Å². The summed E-state index contributed by atoms with van der Waals surface area (Å²) in [5, 5.41) is 22.6. The number of nitrogens with zero attached hydrogens (tertiary/aromatic N) is 5. The molecule has 3 heterocycles. The quantitative estimate of drug-likeness (QED) is 0.555. The lowest BCUT2D eigenvalue weighted by atomic mass is 10.1. The van der Waals surface area contributed by atoms with Crippen molar-refractivity contribution in [1.82, 2.24) is 25.1 Å². The molecule has 0 saturated carbocycles. The van der Waals surface area contributed by atoms with Crippen LogP contribution >= 0.6 is 0 Å². The Kier molecular flexibility index (Phi) is 5.24. The summed E-state index contributed by atoms with van der Waals surface area (Å²) in [4.78, 5) is 12.4. The molecule has 0 bridgehead atoms. The van der Waals surface area contributed by atoms with Crippen molar-refractivity contribution in [3.05, 3.63) is 47.4 Å². The molecule has 3 rings (SSSR count). The molecule has 9 heteroatoms. The molecular formula is C17H18N8O. The molecule has 0 aliphatic carbocycles. The summed E-state index contributed by atoms with van der Waals surface area (Å²) in [5.41, 5.74) is 2.24. The van der Waals surface area contributed by atoms with Crippen LogP contribution in [0.25, 0.3) is 0 Å². The van der Waals surface area contributed by atoms with Gasteiger partial charge in [-0.3, -0.25) is 5.10 Å². The third-order valence-corrected chi connectivity index (χ3v) is 3.46. The highest BCUT2D eigenvalue weighted by Crippen LogP contribution is 2.22. The van der Waals surface area contributed by atoms with Crippen LogP contribution in [0.2, 0.25) is 0 Å². The number of aryl methyl sites for hydroxylation is 2. The Hall–Kier alpha value is -3.67. The van der Waals surface area contributed by atoms with Crippen molar-refractivity contribution in [2.75, 3.05) is 23.8 Å². The van der Waals surface area contributed by atoms with E-state index < -0.39 is 0 Å². The summed E-state index contributed by atoms with van der Waals surface area (Å²) in [7, 11) is 0. The minimum Gasteiger partial charge on any atom is -0.462 e. The summed E-state index contributed by atoms with van der Waals surface area (Å²) in [6.45, 7) is 4.57. The zero-order valence-electron chi connectivity index (χ0n) is 14.4. The molecular weight excluding hydrogens is 332 g/mol. The Morgan fingerprint density at radius 1 is 1.19 bits per heavy atom. The van der Waals surface area contributed by atoms with E-state index in [1.807, 2.05) is 26.0 Å². The van der Waals surface area contributed by atoms with Gasteiger partial charge in [0.05, 0.1) is 12.1 Å². The van der Waals surface area contributed by atoms with Crippen molar-refractivity contribution in [2.45, 2.75) is 13.8 Å². The van der Waals surface area contributed by atoms with Gasteiger partial charge in [0.25, 0.3) is 0 Å². The maximum atomic E-state index is 9.40. The molecule has 26 heavy (non-hydrogen) atoms. The number of hydrogen-bond acceptors (Lipinski definition) is 8. The molecule has 0 saturated heterocycles. The first-order valence-electron chi connectivity index (χ1n) is 8.00. The predicted molar refractivity (Wildman–Crippen MR) is 96.3 cm³/mol. The Morgan fingerprint density at radius 2 is 2.00 bits per heavy atom. The monoisotopic (exact) mass is 350 g/mol. The molecule has 9 nitrogen and oxygen atoms in total. The van der Waals surface area contributed by atoms with Gasteiger partial charge in [-0.1, -0.05) is 0 Å². The number of ether oxygens (including phenoxy) is 1. The summed E-state index contributed by atoms with van der Waals surface area (Å²) in [5.74, 6) is 1.75. The SMILES string of the molecule is Cc1cc(Nc2cc(C)c(C#N)c(NCCOc3ncccn3)n2)n[nH]1. The van der Waals surface area contributed by atoms with Gasteiger partial charge in [-0.05, 0) is 31.5 Å². The minimum absolute atomic E-state index is 0.309. The highest BCUT2D eigenvalue weighted by molar-refractivity contribution is 5.63. The van der Waals surface area contributed by atoms with Crippen LogP contribution in [0.15, 0.2) is 30.6 Å². The molecule has 3 N–H and O–H groups in total. The molecule has 0 aliphatic heterocycles. The number of rotatable bonds is 7. The van der Waals surface area contributed by atoms with Crippen molar-refractivity contribution < 1.29 is 4.74 Å². The van der Waals surface area contributed by atoms with Crippen LogP contribution in [0.3, 0.4) is 0 Å². The molecule has 0 amide bonds. The summed E-state index contributed by atoms with van der Waals surface area (Å²) >= 11 is 0. The third kappa shape index (κ3) is 4.24. The fourth-order valence-corrected chi connectivity index (χ4v) is 2.29. The van der Waals surface area contributed by atoms with E-state index in [0.29, 0.717) is 42.2 Å². The lowest BCUT2D eigenvalue weighted by Crippen LogP contribution is -2.15. The second-order valence-electron chi connectivity index (χ2n) is 5.53. The molecule has 3 aromatic heterocycles. The van der Waals surface area contributed by atoms with Gasteiger partial charge < -0.3 is 15.4 Å². The fraction of sp³-hybridized carbons (Fsp3) is 0.235. The van der Waals surface area contributed by atoms with Gasteiger partial charge in [0, 0.05) is 24.2 Å². The van der Waals surface area contributed by atoms with E-state index in [1.54, 1.807) is 18.5 Å². The average Bonchev–Trinajstić information content (AvgIpc) is 3.04. The Bertz CT molecular complexity index is 916. The molecule has 0 unspecified atom stereocenters. The number of nitrogens with one attached hydrogen (secondary N) is 3. The van der Waals surface area contributed by atoms with Gasteiger partial charge in [-0.15, -0.1) is 0 Å². The normalized spacial score (nSPS) is 10.2. The standard InChI is InChI=1S/C17H18N8O/c1-11-8-14(22-15-9-12(2)24-25-15)23-16(13(11)10-18)19-6-7-26-17-20-4-3-5-21-17/h3-5,8-9H,6-7H2,1-2H3,(H3,19,22,23,24,25). The van der Waals surface area contributed by atoms with Crippen molar-refractivity contribution in [3.8, 4) is 12.1 Å². The zero-order chi connectivity index (χ0) is 18.4. The largest absolute Gasteiger partial charge is 0.462 e. The first-order valence-corrected chi connectivity index (χ1v) is 8.00. The van der Waals surface area contributed by atoms with Gasteiger partial charge in [-0.2, -0.15) is 10.4 Å². The van der Waals surface area contributed by atoms with Crippen LogP contribution in [0, 0.1) is 25.2 Å². The van der Waals surface area contributed by atoms with E-state index in [9.17, 15) is 5.26 Å². The van der Waals surface area contributed by atoms with E-state index in [4.69, 9.17) is 4.74 Å². The van der Waals surface area contributed by atoms with Crippen LogP contribution in [-0.2, 0) is 0 Å². The van der Waals surface area contributed by atoms with Crippen LogP contribution in [-0.4, -0.2) is 38.3 Å². The number of aromatic nitrogens is 5. The summed E-state index contributed by atoms with van der Waals surface area (Å²) < 4.78 is 5.43. The van der Waals surface area contributed by atoms with Crippen molar-refractivity contribution >= 4 is 17.5 Å². The highest BCUT2D eigenvalue weighted by atomic mass is 16.5. The molecule has 132 valence electrons. The van der Waals surface area contributed by atoms with Gasteiger partial charge in [0.1, 0.15) is 24.3 Å². The van der Waals surface area contributed by atoms with Gasteiger partial charge >= 0.3 is 6.01 Å². The van der Waals surface area contributed by atoms with Crippen molar-refractivity contribution in [1.29, 1.82) is 5.26 Å². The lowest BCUT2D eigenvalue weighted by molar-refractivity contribution is 0.306. The molecule has 0 aliphatic rings. The van der Waals surface area contributed by atoms with Crippen LogP contribution < -0.4 is 15.4 Å². The number of H-pyrrole nitrogens is 1. The number of nitriles is 1. The van der Waals surface area contributed by atoms with E-state index in [1.165, 1.54) is 0 Å². The fourth-order valence-electron chi connectivity index (χ4n) is 2.29. The van der Waals surface area contributed by atoms with Gasteiger partial charge in [0.2, 0.25) is 0 Å². The smallest absolute Gasteiger partial charge is 0.316 e. The average molecular weight is 350 g/mol. The lowest BCUT2D eigenvalue weighted by Gasteiger charge is -2.12. The third-order valence-electron chi connectivity index (χ3n) is 3.46. The second-order valence-corrected chi connectivity index (χ2v) is 5.53. The molecule has 0 fully saturated rings. The number of hydrogen-bond donors (Lipinski definition) is 3. The maximum Gasteiger partial charge on any atom is 0.316 e.